The molecule has 10 nitrogen and oxygen atoms in total. The van der Waals surface area contributed by atoms with E-state index in [9.17, 15) is 18.0 Å². The lowest BCUT2D eigenvalue weighted by molar-refractivity contribution is -0.140. The number of hydrogen-bond acceptors (Lipinski definition) is 7. The predicted octanol–water partition coefficient (Wildman–Crippen LogP) is 4.27. The van der Waals surface area contributed by atoms with Crippen molar-refractivity contribution >= 4 is 38.8 Å². The monoisotopic (exact) mass is 555 g/mol. The summed E-state index contributed by atoms with van der Waals surface area (Å²) in [5.41, 5.74) is 7.16. The number of carbonyl (C=O) groups is 2. The Labute approximate surface area is 227 Å². The van der Waals surface area contributed by atoms with Crippen LogP contribution < -0.4 is 15.8 Å². The van der Waals surface area contributed by atoms with Crippen LogP contribution in [-0.2, 0) is 26.3 Å². The van der Waals surface area contributed by atoms with Gasteiger partial charge in [0.1, 0.15) is 18.2 Å². The van der Waals surface area contributed by atoms with Crippen LogP contribution in [0.15, 0.2) is 66.7 Å². The van der Waals surface area contributed by atoms with Gasteiger partial charge in [0.25, 0.3) is 10.1 Å². The van der Waals surface area contributed by atoms with E-state index in [4.69, 9.17) is 25.2 Å². The van der Waals surface area contributed by atoms with E-state index in [1.54, 1.807) is 12.1 Å². The van der Waals surface area contributed by atoms with Gasteiger partial charge >= 0.3 is 12.1 Å². The zero-order chi connectivity index (χ0) is 28.4. The molecule has 0 aromatic heterocycles. The van der Waals surface area contributed by atoms with Crippen molar-refractivity contribution in [1.82, 2.24) is 5.32 Å². The van der Waals surface area contributed by atoms with E-state index < -0.39 is 16.2 Å². The molecule has 0 heterocycles. The fraction of sp³-hybridized carbons (Fsp3) is 0.321. The standard InChI is InChI=1S/C27H29N3O4.CH4O3S/c28-25(29)23-11-10-22-15-24(13-12-21(22)14-23)34-26(31)20-8-6-18(7-9-20)16-30-27(32)33-17-19-4-2-1-3-5-19;1-5(2,3)4/h1-5,10-15,18,20H,6-9,16-17H2,(H3,28,29)(H,30,32);1H3,(H,2,3,4). The summed E-state index contributed by atoms with van der Waals surface area (Å²) < 4.78 is 36.8. The van der Waals surface area contributed by atoms with Crippen molar-refractivity contribution in [3.8, 4) is 5.75 Å². The number of esters is 1. The largest absolute Gasteiger partial charge is 0.445 e. The van der Waals surface area contributed by atoms with Gasteiger partial charge in [-0.05, 0) is 66.1 Å². The van der Waals surface area contributed by atoms with Crippen LogP contribution in [0, 0.1) is 17.2 Å². The minimum absolute atomic E-state index is 0.0206. The van der Waals surface area contributed by atoms with Gasteiger partial charge in [-0.25, -0.2) is 4.79 Å². The average Bonchev–Trinajstić information content (AvgIpc) is 2.90. The first-order valence-corrected chi connectivity index (χ1v) is 14.3. The van der Waals surface area contributed by atoms with Crippen molar-refractivity contribution in [2.24, 2.45) is 17.6 Å². The molecular formula is C28H33N3O7S. The van der Waals surface area contributed by atoms with Crippen molar-refractivity contribution in [3.63, 3.8) is 0 Å². The Morgan fingerprint density at radius 2 is 1.62 bits per heavy atom. The van der Waals surface area contributed by atoms with E-state index >= 15 is 0 Å². The smallest absolute Gasteiger partial charge is 0.407 e. The van der Waals surface area contributed by atoms with E-state index in [1.165, 1.54) is 0 Å². The number of nitrogens with one attached hydrogen (secondary N) is 2. The highest BCUT2D eigenvalue weighted by atomic mass is 32.2. The molecule has 1 aliphatic carbocycles. The first kappa shape index (κ1) is 29.6. The molecule has 39 heavy (non-hydrogen) atoms. The fourth-order valence-electron chi connectivity index (χ4n) is 4.26. The predicted molar refractivity (Wildman–Crippen MR) is 148 cm³/mol. The molecule has 0 saturated heterocycles. The van der Waals surface area contributed by atoms with Crippen LogP contribution in [0.4, 0.5) is 4.79 Å². The molecule has 0 unspecified atom stereocenters. The lowest BCUT2D eigenvalue weighted by atomic mass is 9.82. The third-order valence-corrected chi connectivity index (χ3v) is 6.27. The number of nitrogen functional groups attached to an aromatic ring is 1. The number of ether oxygens (including phenoxy) is 2. The van der Waals surface area contributed by atoms with Crippen molar-refractivity contribution < 1.29 is 32.0 Å². The quantitative estimate of drug-likeness (QED) is 0.110. The van der Waals surface area contributed by atoms with Gasteiger partial charge in [-0.3, -0.25) is 14.8 Å². The highest BCUT2D eigenvalue weighted by molar-refractivity contribution is 7.85. The van der Waals surface area contributed by atoms with Gasteiger partial charge in [0.15, 0.2) is 0 Å². The van der Waals surface area contributed by atoms with Crippen LogP contribution >= 0.6 is 0 Å². The number of carbonyl (C=O) groups excluding carboxylic acids is 2. The molecule has 1 amide bonds. The van der Waals surface area contributed by atoms with Crippen LogP contribution in [0.3, 0.4) is 0 Å². The Hall–Kier alpha value is -3.96. The number of alkyl carbamates (subject to hydrolysis) is 1. The van der Waals surface area contributed by atoms with Crippen molar-refractivity contribution in [2.75, 3.05) is 12.8 Å². The molecule has 3 aromatic carbocycles. The Bertz CT molecular complexity index is 1400. The van der Waals surface area contributed by atoms with Gasteiger partial charge in [-0.15, -0.1) is 0 Å². The van der Waals surface area contributed by atoms with E-state index in [1.807, 2.05) is 54.6 Å². The van der Waals surface area contributed by atoms with Gasteiger partial charge < -0.3 is 20.5 Å². The third-order valence-electron chi connectivity index (χ3n) is 6.27. The molecule has 208 valence electrons. The number of hydrogen-bond donors (Lipinski definition) is 4. The molecule has 0 spiro atoms. The number of rotatable bonds is 7. The van der Waals surface area contributed by atoms with Crippen LogP contribution in [0.5, 0.6) is 5.75 Å². The summed E-state index contributed by atoms with van der Waals surface area (Å²) in [6.07, 6.45) is 3.47. The van der Waals surface area contributed by atoms with Crippen molar-refractivity contribution in [2.45, 2.75) is 32.3 Å². The highest BCUT2D eigenvalue weighted by Gasteiger charge is 2.28. The molecule has 1 saturated carbocycles. The maximum Gasteiger partial charge on any atom is 0.407 e. The van der Waals surface area contributed by atoms with E-state index in [0.717, 1.165) is 42.0 Å². The molecule has 1 aliphatic rings. The lowest BCUT2D eigenvalue weighted by Gasteiger charge is -2.27. The molecule has 11 heteroatoms. The number of benzene rings is 3. The summed E-state index contributed by atoms with van der Waals surface area (Å²) in [6, 6.07) is 20.5. The lowest BCUT2D eigenvalue weighted by Crippen LogP contribution is -2.33. The van der Waals surface area contributed by atoms with Gasteiger partial charge in [-0.1, -0.05) is 48.5 Å². The Morgan fingerprint density at radius 1 is 1.00 bits per heavy atom. The third kappa shape index (κ3) is 10.4. The van der Waals surface area contributed by atoms with Gasteiger partial charge in [0, 0.05) is 12.1 Å². The van der Waals surface area contributed by atoms with Crippen LogP contribution in [0.2, 0.25) is 0 Å². The summed E-state index contributed by atoms with van der Waals surface area (Å²) >= 11 is 0. The summed E-state index contributed by atoms with van der Waals surface area (Å²) in [7, 11) is -3.67. The minimum atomic E-state index is -3.67. The summed E-state index contributed by atoms with van der Waals surface area (Å²) in [5.74, 6) is 0.500. The molecule has 4 rings (SSSR count). The van der Waals surface area contributed by atoms with Crippen molar-refractivity contribution in [1.29, 1.82) is 5.41 Å². The number of amides is 1. The second kappa shape index (κ2) is 13.7. The number of amidine groups is 1. The maximum absolute atomic E-state index is 12.7. The highest BCUT2D eigenvalue weighted by Crippen LogP contribution is 2.30. The maximum atomic E-state index is 12.7. The molecule has 0 bridgehead atoms. The summed E-state index contributed by atoms with van der Waals surface area (Å²) in [4.78, 5) is 24.6. The zero-order valence-corrected chi connectivity index (χ0v) is 22.4. The van der Waals surface area contributed by atoms with E-state index in [0.29, 0.717) is 30.0 Å². The SMILES string of the molecule is CS(=O)(=O)O.N=C(N)c1ccc2cc(OC(=O)C3CCC(CNC(=O)OCc4ccccc4)CC3)ccc2c1. The molecule has 3 aromatic rings. The summed E-state index contributed by atoms with van der Waals surface area (Å²) in [6.45, 7) is 0.792. The van der Waals surface area contributed by atoms with Crippen LogP contribution in [0.25, 0.3) is 10.8 Å². The topological polar surface area (TPSA) is 169 Å². The Morgan fingerprint density at radius 3 is 2.26 bits per heavy atom. The van der Waals surface area contributed by atoms with E-state index in [-0.39, 0.29) is 24.3 Å². The second-order valence-corrected chi connectivity index (χ2v) is 10.9. The van der Waals surface area contributed by atoms with Gasteiger partial charge in [0.05, 0.1) is 12.2 Å². The second-order valence-electron chi connectivity index (χ2n) is 9.45. The Balaban J connectivity index is 0.000000771. The van der Waals surface area contributed by atoms with E-state index in [2.05, 4.69) is 5.32 Å². The van der Waals surface area contributed by atoms with Crippen molar-refractivity contribution in [3.05, 3.63) is 77.9 Å². The zero-order valence-electron chi connectivity index (χ0n) is 21.6. The molecule has 0 aliphatic heterocycles. The fourth-order valence-corrected chi connectivity index (χ4v) is 4.26. The normalized spacial score (nSPS) is 16.9. The Kier molecular flexibility index (Phi) is 10.4. The van der Waals surface area contributed by atoms with Crippen LogP contribution in [0.1, 0.15) is 36.8 Å². The number of nitrogens with two attached hydrogens (primary N) is 1. The molecule has 1 fully saturated rings. The van der Waals surface area contributed by atoms with Gasteiger partial charge in [0.2, 0.25) is 0 Å². The van der Waals surface area contributed by atoms with Crippen LogP contribution in [-0.4, -0.2) is 43.7 Å². The average molecular weight is 556 g/mol. The first-order chi connectivity index (χ1) is 18.5. The minimum Gasteiger partial charge on any atom is -0.445 e. The summed E-state index contributed by atoms with van der Waals surface area (Å²) in [5, 5.41) is 12.2. The molecule has 0 atom stereocenters. The molecule has 5 N–H and O–H groups in total. The number of fused-ring (bicyclic) bond motifs is 1. The van der Waals surface area contributed by atoms with Gasteiger partial charge in [-0.2, -0.15) is 8.42 Å². The molecule has 0 radical (unpaired) electrons. The first-order valence-electron chi connectivity index (χ1n) is 12.4. The molecular weight excluding hydrogens is 522 g/mol.